The minimum absolute atomic E-state index is 0.829. The lowest BCUT2D eigenvalue weighted by molar-refractivity contribution is 0.414. The van der Waals surface area contributed by atoms with Gasteiger partial charge in [-0.05, 0) is 230 Å². The zero-order valence-electron chi connectivity index (χ0n) is 47.1. The van der Waals surface area contributed by atoms with Crippen LogP contribution in [0.4, 0.5) is 34.1 Å². The topological polar surface area (TPSA) is 43.4 Å². The SMILES string of the molecule is CCCCc1c(/C=C/c2ccc(N(c3ccc(OC)cc3)c3ccc(OC)cc3)cc2)sc(/C=C/c2sc(/C=C/c3ccc(N(c4ccc(OC)cc4)c4ccc(OC)cc4)cc3)c(CCCC)c2CCCC)c1CCCC. The molecule has 0 saturated heterocycles. The molecular weight excluding hydrogens is 997 g/mol. The van der Waals surface area contributed by atoms with Crippen LogP contribution in [-0.4, -0.2) is 28.4 Å². The Balaban J connectivity index is 1.10. The fourth-order valence-corrected chi connectivity index (χ4v) is 12.3. The molecule has 0 bridgehead atoms. The minimum atomic E-state index is 0.829. The number of hydrogen-bond acceptors (Lipinski definition) is 8. The van der Waals surface area contributed by atoms with Gasteiger partial charge in [0, 0.05) is 53.6 Å². The van der Waals surface area contributed by atoms with Crippen LogP contribution in [0.3, 0.4) is 0 Å². The summed E-state index contributed by atoms with van der Waals surface area (Å²) >= 11 is 3.93. The van der Waals surface area contributed by atoms with Crippen LogP contribution in [0.2, 0.25) is 0 Å². The van der Waals surface area contributed by atoms with Gasteiger partial charge >= 0.3 is 0 Å². The normalized spacial score (nSPS) is 11.5. The number of thiophene rings is 2. The minimum Gasteiger partial charge on any atom is -0.497 e. The molecule has 6 nitrogen and oxygen atoms in total. The maximum absolute atomic E-state index is 5.50. The van der Waals surface area contributed by atoms with Gasteiger partial charge in [0.05, 0.1) is 28.4 Å². The molecule has 0 N–H and O–H groups in total. The summed E-state index contributed by atoms with van der Waals surface area (Å²) in [6.45, 7) is 9.25. The zero-order chi connectivity index (χ0) is 54.6. The lowest BCUT2D eigenvalue weighted by atomic mass is 9.96. The second kappa shape index (κ2) is 28.9. The Morgan fingerprint density at radius 3 is 0.705 bits per heavy atom. The average Bonchev–Trinajstić information content (AvgIpc) is 4.05. The third-order valence-electron chi connectivity index (χ3n) is 14.3. The molecule has 0 aliphatic rings. The first-order valence-electron chi connectivity index (χ1n) is 28.0. The van der Waals surface area contributed by atoms with E-state index in [2.05, 4.69) is 171 Å². The van der Waals surface area contributed by atoms with Gasteiger partial charge in [-0.15, -0.1) is 22.7 Å². The highest BCUT2D eigenvalue weighted by atomic mass is 32.1. The number of methoxy groups -OCH3 is 4. The van der Waals surface area contributed by atoms with Crippen LogP contribution in [-0.2, 0) is 25.7 Å². The highest BCUT2D eigenvalue weighted by Gasteiger charge is 2.19. The molecule has 0 aliphatic carbocycles. The van der Waals surface area contributed by atoms with Crippen LogP contribution in [0.15, 0.2) is 146 Å². The van der Waals surface area contributed by atoms with Gasteiger partial charge in [-0.3, -0.25) is 0 Å². The fourth-order valence-electron chi connectivity index (χ4n) is 9.91. The Labute approximate surface area is 474 Å². The van der Waals surface area contributed by atoms with E-state index in [1.54, 1.807) is 28.4 Å². The van der Waals surface area contributed by atoms with Crippen molar-refractivity contribution in [2.24, 2.45) is 0 Å². The number of anilines is 6. The predicted molar refractivity (Wildman–Crippen MR) is 338 cm³/mol. The van der Waals surface area contributed by atoms with E-state index in [0.717, 1.165) is 82.8 Å². The second-order valence-electron chi connectivity index (χ2n) is 19.6. The molecule has 0 fully saturated rings. The number of hydrogen-bond donors (Lipinski definition) is 0. The van der Waals surface area contributed by atoms with Crippen LogP contribution in [0.25, 0.3) is 36.5 Å². The first kappa shape index (κ1) is 56.9. The van der Waals surface area contributed by atoms with E-state index in [4.69, 9.17) is 18.9 Å². The molecule has 0 saturated carbocycles. The van der Waals surface area contributed by atoms with E-state index in [0.29, 0.717) is 0 Å². The summed E-state index contributed by atoms with van der Waals surface area (Å²) in [5, 5.41) is 0. The van der Waals surface area contributed by atoms with Gasteiger partial charge in [0.2, 0.25) is 0 Å². The quantitative estimate of drug-likeness (QED) is 0.0487. The third-order valence-corrected chi connectivity index (χ3v) is 16.8. The summed E-state index contributed by atoms with van der Waals surface area (Å²) in [7, 11) is 6.81. The van der Waals surface area contributed by atoms with Gasteiger partial charge in [0.25, 0.3) is 0 Å². The number of nitrogens with zero attached hydrogens (tertiary/aromatic N) is 2. The summed E-state index contributed by atoms with van der Waals surface area (Å²) in [6.07, 6.45) is 28.1. The van der Waals surface area contributed by atoms with Crippen LogP contribution in [0, 0.1) is 0 Å². The molecule has 0 atom stereocenters. The van der Waals surface area contributed by atoms with Crippen molar-refractivity contribution in [1.29, 1.82) is 0 Å². The lowest BCUT2D eigenvalue weighted by Crippen LogP contribution is -2.09. The summed E-state index contributed by atoms with van der Waals surface area (Å²) in [6, 6.07) is 50.7. The first-order chi connectivity index (χ1) is 38.3. The Hall–Kier alpha value is -7.26. The molecular formula is C70H78N2O4S2. The van der Waals surface area contributed by atoms with Gasteiger partial charge < -0.3 is 28.7 Å². The zero-order valence-corrected chi connectivity index (χ0v) is 48.8. The van der Waals surface area contributed by atoms with Crippen molar-refractivity contribution in [3.63, 3.8) is 0 Å². The Morgan fingerprint density at radius 1 is 0.295 bits per heavy atom. The monoisotopic (exact) mass is 1070 g/mol. The van der Waals surface area contributed by atoms with Crippen LogP contribution >= 0.6 is 22.7 Å². The van der Waals surface area contributed by atoms with E-state index in [1.165, 1.54) is 104 Å². The third kappa shape index (κ3) is 14.5. The van der Waals surface area contributed by atoms with Crippen molar-refractivity contribution in [2.45, 2.75) is 105 Å². The lowest BCUT2D eigenvalue weighted by Gasteiger charge is -2.26. The standard InChI is InChI=1S/C70H78N2O4S2/c1-9-13-17-63-65(19-15-11-3)69(77-67(63)47-25-51-21-27-53(28-22-51)71(55-31-39-59(73-5)40-32-55)56-33-41-60(74-6)42-34-56)49-50-70-66(20-16-12-4)64(18-14-10-2)68(78-70)48-26-52-23-29-54(30-24-52)72(57-35-43-61(75-7)44-36-57)58-37-45-62(76-8)46-38-58/h21-50H,9-20H2,1-8H3/b47-25+,48-26+,50-49+. The van der Waals surface area contributed by atoms with Crippen molar-refractivity contribution in [2.75, 3.05) is 38.2 Å². The van der Waals surface area contributed by atoms with E-state index in [1.807, 2.05) is 71.2 Å². The summed E-state index contributed by atoms with van der Waals surface area (Å²) in [5.74, 6) is 3.31. The molecule has 404 valence electrons. The van der Waals surface area contributed by atoms with Gasteiger partial charge in [0.1, 0.15) is 23.0 Å². The van der Waals surface area contributed by atoms with Gasteiger partial charge in [-0.25, -0.2) is 0 Å². The largest absolute Gasteiger partial charge is 0.497 e. The van der Waals surface area contributed by atoms with E-state index < -0.39 is 0 Å². The molecule has 0 amide bonds. The predicted octanol–water partition coefficient (Wildman–Crippen LogP) is 20.7. The number of benzene rings is 6. The molecule has 0 unspecified atom stereocenters. The molecule has 0 spiro atoms. The molecule has 2 heterocycles. The fraction of sp³-hybridized carbons (Fsp3) is 0.286. The molecule has 8 aromatic rings. The van der Waals surface area contributed by atoms with E-state index in [9.17, 15) is 0 Å². The van der Waals surface area contributed by atoms with E-state index in [-0.39, 0.29) is 0 Å². The van der Waals surface area contributed by atoms with Crippen LogP contribution in [0.1, 0.15) is 132 Å². The Kier molecular flexibility index (Phi) is 21.1. The van der Waals surface area contributed by atoms with Crippen molar-refractivity contribution < 1.29 is 18.9 Å². The number of rotatable bonds is 28. The van der Waals surface area contributed by atoms with E-state index >= 15 is 0 Å². The highest BCUT2D eigenvalue weighted by molar-refractivity contribution is 7.15. The van der Waals surface area contributed by atoms with Crippen LogP contribution < -0.4 is 28.7 Å². The molecule has 0 radical (unpaired) electrons. The smallest absolute Gasteiger partial charge is 0.119 e. The maximum Gasteiger partial charge on any atom is 0.119 e. The van der Waals surface area contributed by atoms with Crippen molar-refractivity contribution in [3.05, 3.63) is 198 Å². The van der Waals surface area contributed by atoms with Crippen molar-refractivity contribution >= 4 is 93.3 Å². The molecule has 78 heavy (non-hydrogen) atoms. The Morgan fingerprint density at radius 2 is 0.500 bits per heavy atom. The van der Waals surface area contributed by atoms with Crippen LogP contribution in [0.5, 0.6) is 23.0 Å². The second-order valence-corrected chi connectivity index (χ2v) is 21.8. The summed E-state index contributed by atoms with van der Waals surface area (Å²) in [5.41, 5.74) is 14.8. The highest BCUT2D eigenvalue weighted by Crippen LogP contribution is 2.41. The molecule has 0 aliphatic heterocycles. The maximum atomic E-state index is 5.50. The van der Waals surface area contributed by atoms with Crippen molar-refractivity contribution in [3.8, 4) is 23.0 Å². The molecule has 6 aromatic carbocycles. The first-order valence-corrected chi connectivity index (χ1v) is 29.6. The Bertz CT molecular complexity index is 2870. The average molecular weight is 1080 g/mol. The molecule has 8 heteroatoms. The van der Waals surface area contributed by atoms with Crippen molar-refractivity contribution in [1.82, 2.24) is 0 Å². The van der Waals surface area contributed by atoms with Gasteiger partial charge in [0.15, 0.2) is 0 Å². The molecule has 2 aromatic heterocycles. The van der Waals surface area contributed by atoms with Gasteiger partial charge in [-0.2, -0.15) is 0 Å². The summed E-state index contributed by atoms with van der Waals surface area (Å²) < 4.78 is 22.0. The summed E-state index contributed by atoms with van der Waals surface area (Å²) in [4.78, 5) is 10.1. The number of ether oxygens (including phenoxy) is 4. The number of unbranched alkanes of at least 4 members (excludes halogenated alkanes) is 4. The van der Waals surface area contributed by atoms with Gasteiger partial charge in [-0.1, -0.05) is 89.8 Å². The molecule has 8 rings (SSSR count).